The van der Waals surface area contributed by atoms with Crippen molar-refractivity contribution >= 4 is 11.6 Å². The molecule has 3 rings (SSSR count). The van der Waals surface area contributed by atoms with Crippen LogP contribution in [0.25, 0.3) is 0 Å². The van der Waals surface area contributed by atoms with Crippen LogP contribution in [0.3, 0.4) is 0 Å². The fourth-order valence-electron chi connectivity index (χ4n) is 2.43. The molecule has 1 aliphatic rings. The summed E-state index contributed by atoms with van der Waals surface area (Å²) < 4.78 is 5.34. The highest BCUT2D eigenvalue weighted by Gasteiger charge is 2.28. The first-order valence-corrected chi connectivity index (χ1v) is 6.20. The van der Waals surface area contributed by atoms with Gasteiger partial charge in [-0.25, -0.2) is 0 Å². The lowest BCUT2D eigenvalue weighted by Crippen LogP contribution is -2.29. The van der Waals surface area contributed by atoms with Gasteiger partial charge in [-0.2, -0.15) is 0 Å². The first-order valence-electron chi connectivity index (χ1n) is 6.20. The van der Waals surface area contributed by atoms with Crippen molar-refractivity contribution < 1.29 is 9.53 Å². The Balaban J connectivity index is 1.97. The average Bonchev–Trinajstić information content (AvgIpc) is 2.91. The summed E-state index contributed by atoms with van der Waals surface area (Å²) in [6.07, 6.45) is 2.45. The predicted octanol–water partition coefficient (Wildman–Crippen LogP) is 2.29. The molecule has 19 heavy (non-hydrogen) atoms. The molecule has 4 nitrogen and oxygen atoms in total. The maximum atomic E-state index is 12.4. The van der Waals surface area contributed by atoms with Crippen LogP contribution in [0.1, 0.15) is 16.1 Å². The quantitative estimate of drug-likeness (QED) is 0.825. The Hall–Kier alpha value is -2.36. The van der Waals surface area contributed by atoms with E-state index >= 15 is 0 Å². The number of benzene rings is 1. The zero-order valence-corrected chi connectivity index (χ0v) is 10.7. The molecule has 0 saturated carbocycles. The van der Waals surface area contributed by atoms with E-state index in [0.717, 1.165) is 23.4 Å². The van der Waals surface area contributed by atoms with Crippen LogP contribution in [0.5, 0.6) is 5.75 Å². The van der Waals surface area contributed by atoms with Crippen molar-refractivity contribution in [2.24, 2.45) is 0 Å². The van der Waals surface area contributed by atoms with E-state index in [9.17, 15) is 4.79 Å². The van der Waals surface area contributed by atoms with Gasteiger partial charge in [0.2, 0.25) is 0 Å². The van der Waals surface area contributed by atoms with Crippen LogP contribution in [0.4, 0.5) is 5.69 Å². The van der Waals surface area contributed by atoms with Gasteiger partial charge in [0.25, 0.3) is 5.91 Å². The van der Waals surface area contributed by atoms with Gasteiger partial charge in [-0.05, 0) is 30.7 Å². The molecule has 2 aromatic rings. The number of methoxy groups -OCH3 is 1. The molecule has 4 heteroatoms. The van der Waals surface area contributed by atoms with Crippen molar-refractivity contribution in [2.75, 3.05) is 18.6 Å². The average molecular weight is 254 g/mol. The standard InChI is InChI=1S/C15H14N2O2/c1-19-14-7-4-6-13-11(14)8-10-17(13)15(18)12-5-2-3-9-16-12/h2-7,9H,8,10H2,1H3. The molecule has 0 aliphatic carbocycles. The Bertz CT molecular complexity index is 611. The second-order valence-corrected chi connectivity index (χ2v) is 4.38. The molecule has 1 amide bonds. The zero-order chi connectivity index (χ0) is 13.2. The number of rotatable bonds is 2. The molecule has 0 saturated heterocycles. The smallest absolute Gasteiger partial charge is 0.276 e. The van der Waals surface area contributed by atoms with Gasteiger partial charge in [0.15, 0.2) is 0 Å². The molecule has 2 heterocycles. The van der Waals surface area contributed by atoms with Crippen molar-refractivity contribution in [1.29, 1.82) is 0 Å². The molecule has 96 valence electrons. The van der Waals surface area contributed by atoms with Gasteiger partial charge < -0.3 is 9.64 Å². The highest BCUT2D eigenvalue weighted by Crippen LogP contribution is 2.35. The second-order valence-electron chi connectivity index (χ2n) is 4.38. The van der Waals surface area contributed by atoms with Gasteiger partial charge >= 0.3 is 0 Å². The predicted molar refractivity (Wildman–Crippen MR) is 72.6 cm³/mol. The molecule has 0 unspecified atom stereocenters. The molecule has 0 N–H and O–H groups in total. The minimum absolute atomic E-state index is 0.0624. The van der Waals surface area contributed by atoms with Crippen LogP contribution in [-0.4, -0.2) is 24.5 Å². The molecule has 1 aliphatic heterocycles. The van der Waals surface area contributed by atoms with Crippen molar-refractivity contribution in [3.63, 3.8) is 0 Å². The summed E-state index contributed by atoms with van der Waals surface area (Å²) >= 11 is 0. The van der Waals surface area contributed by atoms with E-state index in [2.05, 4.69) is 4.98 Å². The number of nitrogens with zero attached hydrogens (tertiary/aromatic N) is 2. The topological polar surface area (TPSA) is 42.4 Å². The van der Waals surface area contributed by atoms with E-state index in [1.54, 1.807) is 30.3 Å². The number of fused-ring (bicyclic) bond motifs is 1. The lowest BCUT2D eigenvalue weighted by Gasteiger charge is -2.17. The summed E-state index contributed by atoms with van der Waals surface area (Å²) in [5, 5.41) is 0. The van der Waals surface area contributed by atoms with Gasteiger partial charge in [-0.3, -0.25) is 9.78 Å². The first-order chi connectivity index (χ1) is 9.31. The molecule has 0 fully saturated rings. The third-order valence-corrected chi connectivity index (χ3v) is 3.33. The number of ether oxygens (including phenoxy) is 1. The van der Waals surface area contributed by atoms with Crippen LogP contribution in [0.15, 0.2) is 42.6 Å². The summed E-state index contributed by atoms with van der Waals surface area (Å²) in [7, 11) is 1.65. The largest absolute Gasteiger partial charge is 0.496 e. The van der Waals surface area contributed by atoms with Crippen molar-refractivity contribution in [3.05, 3.63) is 53.9 Å². The van der Waals surface area contributed by atoms with Crippen LogP contribution < -0.4 is 9.64 Å². The molecule has 1 aromatic carbocycles. The number of carbonyl (C=O) groups excluding carboxylic acids is 1. The molecule has 0 atom stereocenters. The highest BCUT2D eigenvalue weighted by molar-refractivity contribution is 6.06. The minimum Gasteiger partial charge on any atom is -0.496 e. The zero-order valence-electron chi connectivity index (χ0n) is 10.7. The number of hydrogen-bond acceptors (Lipinski definition) is 3. The number of hydrogen-bond donors (Lipinski definition) is 0. The SMILES string of the molecule is COc1cccc2c1CCN2C(=O)c1ccccn1. The summed E-state index contributed by atoms with van der Waals surface area (Å²) in [5.74, 6) is 0.779. The summed E-state index contributed by atoms with van der Waals surface area (Å²) in [6.45, 7) is 0.672. The fourth-order valence-corrected chi connectivity index (χ4v) is 2.43. The van der Waals surface area contributed by atoms with E-state index in [-0.39, 0.29) is 5.91 Å². The number of anilines is 1. The van der Waals surface area contributed by atoms with Gasteiger partial charge in [0, 0.05) is 18.3 Å². The van der Waals surface area contributed by atoms with Gasteiger partial charge in [0.1, 0.15) is 11.4 Å². The van der Waals surface area contributed by atoms with E-state index in [4.69, 9.17) is 4.74 Å². The second kappa shape index (κ2) is 4.72. The Morgan fingerprint density at radius 2 is 2.16 bits per heavy atom. The molecule has 0 radical (unpaired) electrons. The summed E-state index contributed by atoms with van der Waals surface area (Å²) in [5.41, 5.74) is 2.49. The Labute approximate surface area is 111 Å². The minimum atomic E-state index is -0.0624. The van der Waals surface area contributed by atoms with Crippen molar-refractivity contribution in [3.8, 4) is 5.75 Å². The number of amides is 1. The number of pyridine rings is 1. The monoisotopic (exact) mass is 254 g/mol. The Morgan fingerprint density at radius 1 is 1.26 bits per heavy atom. The fraction of sp³-hybridized carbons (Fsp3) is 0.200. The third-order valence-electron chi connectivity index (χ3n) is 3.33. The molecule has 0 spiro atoms. The Morgan fingerprint density at radius 3 is 2.89 bits per heavy atom. The first kappa shape index (κ1) is 11.7. The molecule has 1 aromatic heterocycles. The summed E-state index contributed by atoms with van der Waals surface area (Å²) in [4.78, 5) is 18.3. The van der Waals surface area contributed by atoms with E-state index in [0.29, 0.717) is 12.2 Å². The third kappa shape index (κ3) is 1.95. The molecular weight excluding hydrogens is 240 g/mol. The van der Waals surface area contributed by atoms with Crippen molar-refractivity contribution in [2.45, 2.75) is 6.42 Å². The van der Waals surface area contributed by atoms with E-state index < -0.39 is 0 Å². The van der Waals surface area contributed by atoms with Crippen LogP contribution in [0.2, 0.25) is 0 Å². The summed E-state index contributed by atoms with van der Waals surface area (Å²) in [6, 6.07) is 11.1. The van der Waals surface area contributed by atoms with E-state index in [1.165, 1.54) is 0 Å². The van der Waals surface area contributed by atoms with Gasteiger partial charge in [-0.15, -0.1) is 0 Å². The molecular formula is C15H14N2O2. The van der Waals surface area contributed by atoms with Crippen LogP contribution in [0, 0.1) is 0 Å². The normalized spacial score (nSPS) is 13.2. The van der Waals surface area contributed by atoms with Gasteiger partial charge in [0.05, 0.1) is 12.8 Å². The van der Waals surface area contributed by atoms with Crippen LogP contribution >= 0.6 is 0 Å². The Kier molecular flexibility index (Phi) is 2.91. The number of aromatic nitrogens is 1. The maximum Gasteiger partial charge on any atom is 0.276 e. The van der Waals surface area contributed by atoms with Crippen molar-refractivity contribution in [1.82, 2.24) is 4.98 Å². The molecule has 0 bridgehead atoms. The maximum absolute atomic E-state index is 12.4. The van der Waals surface area contributed by atoms with E-state index in [1.807, 2.05) is 24.3 Å². The highest BCUT2D eigenvalue weighted by atomic mass is 16.5. The lowest BCUT2D eigenvalue weighted by molar-refractivity contribution is 0.0984. The number of carbonyl (C=O) groups is 1. The van der Waals surface area contributed by atoms with Crippen LogP contribution in [-0.2, 0) is 6.42 Å². The van der Waals surface area contributed by atoms with Gasteiger partial charge in [-0.1, -0.05) is 12.1 Å². The lowest BCUT2D eigenvalue weighted by atomic mass is 10.1.